The van der Waals surface area contributed by atoms with Crippen LogP contribution in [-0.4, -0.2) is 41.0 Å². The molecule has 1 unspecified atom stereocenters. The number of Topliss-reactive ketones (excluding diaryl/α,β-unsaturated/α-hetero) is 1. The molecule has 1 fully saturated rings. The van der Waals surface area contributed by atoms with Gasteiger partial charge in [-0.15, -0.1) is 0 Å². The molecule has 0 radical (unpaired) electrons. The van der Waals surface area contributed by atoms with Gasteiger partial charge in [0, 0.05) is 32.4 Å². The fourth-order valence-electron chi connectivity index (χ4n) is 4.02. The summed E-state index contributed by atoms with van der Waals surface area (Å²) in [4.78, 5) is 14.6. The Balaban J connectivity index is 1.28. The number of nitrogens with zero attached hydrogens (tertiary/aromatic N) is 1. The molecule has 2 aliphatic heterocycles. The smallest absolute Gasteiger partial charge is 0.166 e. The van der Waals surface area contributed by atoms with Crippen molar-refractivity contribution < 1.29 is 14.6 Å². The molecule has 1 atom stereocenters. The van der Waals surface area contributed by atoms with Crippen molar-refractivity contribution in [2.24, 2.45) is 0 Å². The maximum absolute atomic E-state index is 12.2. The lowest BCUT2D eigenvalue weighted by Crippen LogP contribution is -2.38. The van der Waals surface area contributed by atoms with Crippen LogP contribution in [0.15, 0.2) is 48.5 Å². The number of hydrogen-bond acceptors (Lipinski definition) is 4. The topological polar surface area (TPSA) is 49.8 Å². The zero-order chi connectivity index (χ0) is 17.3. The molecule has 2 aromatic carbocycles. The van der Waals surface area contributed by atoms with E-state index in [2.05, 4.69) is 23.1 Å². The number of rotatable bonds is 5. The van der Waals surface area contributed by atoms with Crippen LogP contribution >= 0.6 is 0 Å². The van der Waals surface area contributed by atoms with E-state index >= 15 is 0 Å². The van der Waals surface area contributed by atoms with Crippen LogP contribution in [0.1, 0.15) is 35.2 Å². The van der Waals surface area contributed by atoms with Gasteiger partial charge in [0.05, 0.1) is 5.56 Å². The van der Waals surface area contributed by atoms with Crippen molar-refractivity contribution in [3.05, 3.63) is 59.7 Å². The second-order valence-electron chi connectivity index (χ2n) is 7.14. The molecule has 0 saturated carbocycles. The Morgan fingerprint density at radius 3 is 2.80 bits per heavy atom. The van der Waals surface area contributed by atoms with Crippen molar-refractivity contribution in [1.29, 1.82) is 0 Å². The van der Waals surface area contributed by atoms with Gasteiger partial charge in [-0.25, -0.2) is 0 Å². The summed E-state index contributed by atoms with van der Waals surface area (Å²) in [5, 5.41) is 9.77. The van der Waals surface area contributed by atoms with Crippen molar-refractivity contribution in [3.8, 4) is 11.5 Å². The molecule has 1 saturated heterocycles. The molecule has 2 heterocycles. The predicted octanol–water partition coefficient (Wildman–Crippen LogP) is 3.43. The second-order valence-corrected chi connectivity index (χ2v) is 7.14. The van der Waals surface area contributed by atoms with E-state index in [1.54, 1.807) is 24.3 Å². The highest BCUT2D eigenvalue weighted by Crippen LogP contribution is 2.40. The number of benzene rings is 2. The minimum Gasteiger partial charge on any atom is -0.507 e. The molecular weight excluding hydrogens is 314 g/mol. The lowest BCUT2D eigenvalue weighted by Gasteiger charge is -2.24. The Kier molecular flexibility index (Phi) is 4.22. The van der Waals surface area contributed by atoms with Gasteiger partial charge in [0.1, 0.15) is 17.1 Å². The van der Waals surface area contributed by atoms with Gasteiger partial charge < -0.3 is 9.84 Å². The van der Waals surface area contributed by atoms with Gasteiger partial charge in [0.25, 0.3) is 0 Å². The predicted molar refractivity (Wildman–Crippen MR) is 96.2 cm³/mol. The summed E-state index contributed by atoms with van der Waals surface area (Å²) in [6, 6.07) is 15.1. The fourth-order valence-corrected chi connectivity index (χ4v) is 4.02. The van der Waals surface area contributed by atoms with E-state index < -0.39 is 0 Å². The van der Waals surface area contributed by atoms with E-state index in [0.717, 1.165) is 44.6 Å². The Bertz CT molecular complexity index is 761. The molecule has 25 heavy (non-hydrogen) atoms. The van der Waals surface area contributed by atoms with Gasteiger partial charge in [-0.2, -0.15) is 0 Å². The first-order valence-corrected chi connectivity index (χ1v) is 8.96. The standard InChI is InChI=1S/C21H23NO3/c23-18-8-3-2-7-17(18)19(24)9-5-12-22-13-11-21(15-22)14-16-6-1-4-10-20(16)25-21/h1-4,6-8,10,23H,5,9,11-15H2. The zero-order valence-corrected chi connectivity index (χ0v) is 14.3. The van der Waals surface area contributed by atoms with Crippen LogP contribution < -0.4 is 4.74 Å². The molecule has 0 bridgehead atoms. The average Bonchev–Trinajstić information content (AvgIpc) is 3.17. The number of hydrogen-bond donors (Lipinski definition) is 1. The summed E-state index contributed by atoms with van der Waals surface area (Å²) < 4.78 is 6.26. The van der Waals surface area contributed by atoms with Gasteiger partial charge in [-0.1, -0.05) is 30.3 Å². The summed E-state index contributed by atoms with van der Waals surface area (Å²) in [7, 11) is 0. The Morgan fingerprint density at radius 2 is 1.96 bits per heavy atom. The number of phenols is 1. The van der Waals surface area contributed by atoms with Gasteiger partial charge in [-0.05, 0) is 36.7 Å². The van der Waals surface area contributed by atoms with E-state index in [-0.39, 0.29) is 17.1 Å². The maximum atomic E-state index is 12.2. The molecule has 1 N–H and O–H groups in total. The van der Waals surface area contributed by atoms with Crippen LogP contribution in [0, 0.1) is 0 Å². The third kappa shape index (κ3) is 3.27. The number of ether oxygens (including phenoxy) is 1. The minimum atomic E-state index is -0.0780. The SMILES string of the molecule is O=C(CCCN1CCC2(Cc3ccccc3O2)C1)c1ccccc1O. The highest BCUT2D eigenvalue weighted by Gasteiger charge is 2.44. The number of ketones is 1. The first-order valence-electron chi connectivity index (χ1n) is 8.96. The molecule has 0 amide bonds. The quantitative estimate of drug-likeness (QED) is 0.849. The molecule has 2 aromatic rings. The molecule has 0 aromatic heterocycles. The van der Waals surface area contributed by atoms with E-state index in [0.29, 0.717) is 12.0 Å². The second kappa shape index (κ2) is 6.52. The van der Waals surface area contributed by atoms with Gasteiger partial charge in [0.15, 0.2) is 5.78 Å². The Morgan fingerprint density at radius 1 is 1.16 bits per heavy atom. The average molecular weight is 337 g/mol. The number of para-hydroxylation sites is 2. The van der Waals surface area contributed by atoms with E-state index in [4.69, 9.17) is 4.74 Å². The van der Waals surface area contributed by atoms with Crippen LogP contribution in [0.5, 0.6) is 11.5 Å². The summed E-state index contributed by atoms with van der Waals surface area (Å²) in [6.45, 7) is 2.83. The summed E-state index contributed by atoms with van der Waals surface area (Å²) in [5.74, 6) is 1.11. The molecule has 0 aliphatic carbocycles. The van der Waals surface area contributed by atoms with Crippen LogP contribution in [0.4, 0.5) is 0 Å². The van der Waals surface area contributed by atoms with Crippen LogP contribution in [0.3, 0.4) is 0 Å². The number of aromatic hydroxyl groups is 1. The summed E-state index contributed by atoms with van der Waals surface area (Å²) in [6.07, 6.45) is 3.28. The molecule has 4 nitrogen and oxygen atoms in total. The largest absolute Gasteiger partial charge is 0.507 e. The third-order valence-electron chi connectivity index (χ3n) is 5.29. The lowest BCUT2D eigenvalue weighted by molar-refractivity contribution is 0.0957. The van der Waals surface area contributed by atoms with Crippen molar-refractivity contribution in [2.45, 2.75) is 31.3 Å². The molecule has 1 spiro atoms. The maximum Gasteiger partial charge on any atom is 0.166 e. The number of carbonyl (C=O) groups excluding carboxylic acids is 1. The van der Waals surface area contributed by atoms with Crippen LogP contribution in [-0.2, 0) is 6.42 Å². The van der Waals surface area contributed by atoms with E-state index in [1.807, 2.05) is 6.07 Å². The van der Waals surface area contributed by atoms with E-state index in [1.165, 1.54) is 5.56 Å². The number of carbonyl (C=O) groups is 1. The minimum absolute atomic E-state index is 0.0107. The van der Waals surface area contributed by atoms with Crippen LogP contribution in [0.2, 0.25) is 0 Å². The van der Waals surface area contributed by atoms with Gasteiger partial charge in [-0.3, -0.25) is 9.69 Å². The number of fused-ring (bicyclic) bond motifs is 1. The Labute approximate surface area is 148 Å². The monoisotopic (exact) mass is 337 g/mol. The number of likely N-dealkylation sites (tertiary alicyclic amines) is 1. The summed E-state index contributed by atoms with van der Waals surface area (Å²) in [5.41, 5.74) is 1.65. The van der Waals surface area contributed by atoms with E-state index in [9.17, 15) is 9.90 Å². The fraction of sp³-hybridized carbons (Fsp3) is 0.381. The lowest BCUT2D eigenvalue weighted by atomic mass is 9.96. The molecule has 130 valence electrons. The first-order chi connectivity index (χ1) is 12.2. The molecule has 4 heteroatoms. The highest BCUT2D eigenvalue weighted by atomic mass is 16.5. The number of phenolic OH excluding ortho intramolecular Hbond substituents is 1. The summed E-state index contributed by atoms with van der Waals surface area (Å²) >= 11 is 0. The molecule has 4 rings (SSSR count). The van der Waals surface area contributed by atoms with Crippen molar-refractivity contribution in [1.82, 2.24) is 4.90 Å². The van der Waals surface area contributed by atoms with Gasteiger partial charge in [0.2, 0.25) is 0 Å². The van der Waals surface area contributed by atoms with Crippen molar-refractivity contribution in [2.75, 3.05) is 19.6 Å². The molecule has 2 aliphatic rings. The third-order valence-corrected chi connectivity index (χ3v) is 5.29. The first kappa shape index (κ1) is 16.2. The van der Waals surface area contributed by atoms with Crippen molar-refractivity contribution >= 4 is 5.78 Å². The Hall–Kier alpha value is -2.33. The molecular formula is C21H23NO3. The van der Waals surface area contributed by atoms with Crippen LogP contribution in [0.25, 0.3) is 0 Å². The van der Waals surface area contributed by atoms with Gasteiger partial charge >= 0.3 is 0 Å². The van der Waals surface area contributed by atoms with Crippen molar-refractivity contribution in [3.63, 3.8) is 0 Å². The zero-order valence-electron chi connectivity index (χ0n) is 14.3. The normalized spacial score (nSPS) is 22.1. The highest BCUT2D eigenvalue weighted by molar-refractivity contribution is 5.98.